The third kappa shape index (κ3) is 4.10. The first-order chi connectivity index (χ1) is 10.2. The molecule has 0 spiro atoms. The van der Waals surface area contributed by atoms with Crippen molar-refractivity contribution in [1.82, 2.24) is 0 Å². The smallest absolute Gasteiger partial charge is 0.161 e. The third-order valence-corrected chi connectivity index (χ3v) is 3.14. The first-order valence-corrected chi connectivity index (χ1v) is 7.06. The number of benzene rings is 2. The molecule has 0 aliphatic heterocycles. The fourth-order valence-electron chi connectivity index (χ4n) is 1.99. The maximum absolute atomic E-state index is 5.96. The van der Waals surface area contributed by atoms with Crippen molar-refractivity contribution < 1.29 is 9.47 Å². The Bertz CT molecular complexity index is 581. The Labute approximate surface area is 126 Å². The Morgan fingerprint density at radius 1 is 1.10 bits per heavy atom. The van der Waals surface area contributed by atoms with Gasteiger partial charge in [-0.15, -0.1) is 6.58 Å². The van der Waals surface area contributed by atoms with Crippen molar-refractivity contribution in [2.75, 3.05) is 6.61 Å². The fraction of sp³-hybridized carbons (Fsp3) is 0.222. The predicted molar refractivity (Wildman–Crippen MR) is 85.5 cm³/mol. The van der Waals surface area contributed by atoms with Gasteiger partial charge in [-0.2, -0.15) is 0 Å². The van der Waals surface area contributed by atoms with Crippen LogP contribution in [0.5, 0.6) is 11.5 Å². The standard InChI is InChI=1S/C18H21NO2/c1-3-16(19)15-10-11-17(18(12-15)20-4-2)21-13-14-8-6-5-7-9-14/h3,5-12,16H,1,4,13,19H2,2H3/t16-/m0/s1. The summed E-state index contributed by atoms with van der Waals surface area (Å²) >= 11 is 0. The van der Waals surface area contributed by atoms with Crippen LogP contribution in [0.1, 0.15) is 24.1 Å². The highest BCUT2D eigenvalue weighted by Gasteiger charge is 2.09. The summed E-state index contributed by atoms with van der Waals surface area (Å²) in [5, 5.41) is 0. The highest BCUT2D eigenvalue weighted by molar-refractivity contribution is 5.44. The molecular formula is C18H21NO2. The van der Waals surface area contributed by atoms with E-state index in [4.69, 9.17) is 15.2 Å². The second-order valence-electron chi connectivity index (χ2n) is 4.67. The number of ether oxygens (including phenoxy) is 2. The second kappa shape index (κ2) is 7.50. The van der Waals surface area contributed by atoms with Gasteiger partial charge in [0.1, 0.15) is 6.61 Å². The summed E-state index contributed by atoms with van der Waals surface area (Å²) < 4.78 is 11.5. The molecule has 2 rings (SSSR count). The van der Waals surface area contributed by atoms with E-state index in [0.717, 1.165) is 16.9 Å². The molecule has 0 aliphatic rings. The zero-order chi connectivity index (χ0) is 15.1. The van der Waals surface area contributed by atoms with Crippen molar-refractivity contribution in [3.05, 3.63) is 72.3 Å². The van der Waals surface area contributed by atoms with E-state index in [1.54, 1.807) is 6.08 Å². The van der Waals surface area contributed by atoms with E-state index >= 15 is 0 Å². The molecule has 0 fully saturated rings. The van der Waals surface area contributed by atoms with Crippen molar-refractivity contribution in [1.29, 1.82) is 0 Å². The number of hydrogen-bond donors (Lipinski definition) is 1. The van der Waals surface area contributed by atoms with Gasteiger partial charge in [0.05, 0.1) is 6.61 Å². The largest absolute Gasteiger partial charge is 0.490 e. The van der Waals surface area contributed by atoms with Crippen molar-refractivity contribution in [2.24, 2.45) is 5.73 Å². The van der Waals surface area contributed by atoms with E-state index in [-0.39, 0.29) is 6.04 Å². The van der Waals surface area contributed by atoms with Crippen molar-refractivity contribution in [2.45, 2.75) is 19.6 Å². The Hall–Kier alpha value is -2.26. The molecule has 0 aromatic heterocycles. The van der Waals surface area contributed by atoms with Crippen LogP contribution >= 0.6 is 0 Å². The molecule has 0 heterocycles. The average Bonchev–Trinajstić information content (AvgIpc) is 2.54. The zero-order valence-electron chi connectivity index (χ0n) is 12.3. The van der Waals surface area contributed by atoms with E-state index in [2.05, 4.69) is 6.58 Å². The van der Waals surface area contributed by atoms with Crippen LogP contribution < -0.4 is 15.2 Å². The molecule has 3 heteroatoms. The highest BCUT2D eigenvalue weighted by Crippen LogP contribution is 2.31. The van der Waals surface area contributed by atoms with E-state index in [1.165, 1.54) is 0 Å². The van der Waals surface area contributed by atoms with Crippen molar-refractivity contribution in [3.63, 3.8) is 0 Å². The monoisotopic (exact) mass is 283 g/mol. The van der Waals surface area contributed by atoms with Gasteiger partial charge in [-0.3, -0.25) is 0 Å². The second-order valence-corrected chi connectivity index (χ2v) is 4.67. The molecule has 0 amide bonds. The van der Waals surface area contributed by atoms with Gasteiger partial charge in [0.2, 0.25) is 0 Å². The van der Waals surface area contributed by atoms with Gasteiger partial charge in [-0.05, 0) is 30.2 Å². The lowest BCUT2D eigenvalue weighted by atomic mass is 10.1. The Morgan fingerprint density at radius 2 is 1.86 bits per heavy atom. The van der Waals surface area contributed by atoms with Gasteiger partial charge >= 0.3 is 0 Å². The molecule has 3 nitrogen and oxygen atoms in total. The number of nitrogens with two attached hydrogens (primary N) is 1. The summed E-state index contributed by atoms with van der Waals surface area (Å²) in [6.45, 7) is 6.75. The Kier molecular flexibility index (Phi) is 5.41. The quantitative estimate of drug-likeness (QED) is 0.785. The molecule has 2 aromatic carbocycles. The Balaban J connectivity index is 2.16. The summed E-state index contributed by atoms with van der Waals surface area (Å²) in [5.74, 6) is 1.43. The summed E-state index contributed by atoms with van der Waals surface area (Å²) in [6, 6.07) is 15.6. The summed E-state index contributed by atoms with van der Waals surface area (Å²) in [7, 11) is 0. The van der Waals surface area contributed by atoms with Crippen LogP contribution in [0.25, 0.3) is 0 Å². The van der Waals surface area contributed by atoms with E-state index < -0.39 is 0 Å². The van der Waals surface area contributed by atoms with Crippen LogP contribution in [-0.2, 0) is 6.61 Å². The summed E-state index contributed by atoms with van der Waals surface area (Å²) in [5.41, 5.74) is 8.04. The third-order valence-electron chi connectivity index (χ3n) is 3.14. The SMILES string of the molecule is C=C[C@H](N)c1ccc(OCc2ccccc2)c(OCC)c1. The Morgan fingerprint density at radius 3 is 2.52 bits per heavy atom. The van der Waals surface area contributed by atoms with Gasteiger partial charge in [0, 0.05) is 6.04 Å². The maximum atomic E-state index is 5.96. The highest BCUT2D eigenvalue weighted by atomic mass is 16.5. The molecule has 110 valence electrons. The van der Waals surface area contributed by atoms with Gasteiger partial charge in [-0.1, -0.05) is 42.5 Å². The topological polar surface area (TPSA) is 44.5 Å². The van der Waals surface area contributed by atoms with Crippen LogP contribution in [0.4, 0.5) is 0 Å². The fourth-order valence-corrected chi connectivity index (χ4v) is 1.99. The lowest BCUT2D eigenvalue weighted by Crippen LogP contribution is -2.07. The molecule has 21 heavy (non-hydrogen) atoms. The van der Waals surface area contributed by atoms with Crippen LogP contribution in [-0.4, -0.2) is 6.61 Å². The average molecular weight is 283 g/mol. The van der Waals surface area contributed by atoms with Gasteiger partial charge in [0.25, 0.3) is 0 Å². The van der Waals surface area contributed by atoms with Crippen LogP contribution in [0.2, 0.25) is 0 Å². The van der Waals surface area contributed by atoms with Crippen LogP contribution in [0, 0.1) is 0 Å². The first-order valence-electron chi connectivity index (χ1n) is 7.06. The van der Waals surface area contributed by atoms with Crippen molar-refractivity contribution >= 4 is 0 Å². The number of rotatable bonds is 7. The normalized spacial score (nSPS) is 11.7. The maximum Gasteiger partial charge on any atom is 0.161 e. The molecule has 0 saturated heterocycles. The molecule has 0 radical (unpaired) electrons. The number of hydrogen-bond acceptors (Lipinski definition) is 3. The zero-order valence-corrected chi connectivity index (χ0v) is 12.3. The van der Waals surface area contributed by atoms with Gasteiger partial charge in [-0.25, -0.2) is 0 Å². The van der Waals surface area contributed by atoms with E-state index in [0.29, 0.717) is 19.0 Å². The lowest BCUT2D eigenvalue weighted by molar-refractivity contribution is 0.269. The molecular weight excluding hydrogens is 262 g/mol. The van der Waals surface area contributed by atoms with Gasteiger partial charge < -0.3 is 15.2 Å². The molecule has 0 aliphatic carbocycles. The van der Waals surface area contributed by atoms with Gasteiger partial charge in [0.15, 0.2) is 11.5 Å². The van der Waals surface area contributed by atoms with Crippen LogP contribution in [0.3, 0.4) is 0 Å². The van der Waals surface area contributed by atoms with Crippen LogP contribution in [0.15, 0.2) is 61.2 Å². The molecule has 2 N–H and O–H groups in total. The minimum atomic E-state index is -0.202. The minimum absolute atomic E-state index is 0.202. The molecule has 0 unspecified atom stereocenters. The molecule has 0 bridgehead atoms. The van der Waals surface area contributed by atoms with Crippen molar-refractivity contribution in [3.8, 4) is 11.5 Å². The molecule has 1 atom stereocenters. The first kappa shape index (κ1) is 15.1. The molecule has 2 aromatic rings. The van der Waals surface area contributed by atoms with E-state index in [1.807, 2.05) is 55.5 Å². The lowest BCUT2D eigenvalue weighted by Gasteiger charge is -2.15. The minimum Gasteiger partial charge on any atom is -0.490 e. The molecule has 0 saturated carbocycles. The summed E-state index contributed by atoms with van der Waals surface area (Å²) in [6.07, 6.45) is 1.70. The van der Waals surface area contributed by atoms with E-state index in [9.17, 15) is 0 Å². The summed E-state index contributed by atoms with van der Waals surface area (Å²) in [4.78, 5) is 0. The predicted octanol–water partition coefficient (Wildman–Crippen LogP) is 3.85.